The number of carbonyl (C=O) groups is 1. The molecule has 1 heterocycles. The van der Waals surface area contributed by atoms with Crippen LogP contribution in [-0.4, -0.2) is 18.2 Å². The molecule has 2 aromatic carbocycles. The molecule has 0 saturated carbocycles. The number of rotatable bonds is 5. The molecule has 0 amide bonds. The van der Waals surface area contributed by atoms with Gasteiger partial charge in [-0.05, 0) is 42.0 Å². The van der Waals surface area contributed by atoms with Crippen LogP contribution in [0.2, 0.25) is 10.0 Å². The van der Waals surface area contributed by atoms with Gasteiger partial charge in [-0.1, -0.05) is 53.5 Å². The highest BCUT2D eigenvalue weighted by atomic mass is 35.5. The van der Waals surface area contributed by atoms with Gasteiger partial charge in [0.1, 0.15) is 5.00 Å². The lowest BCUT2D eigenvalue weighted by molar-refractivity contribution is 0.0602. The average molecular weight is 451 g/mol. The maximum atomic E-state index is 12.2. The molecule has 0 radical (unpaired) electrons. The Balaban J connectivity index is 1.78. The zero-order valence-electron chi connectivity index (χ0n) is 14.8. The van der Waals surface area contributed by atoms with Gasteiger partial charge in [-0.15, -0.1) is 11.3 Å². The van der Waals surface area contributed by atoms with Gasteiger partial charge in [-0.25, -0.2) is 4.79 Å². The second-order valence-electron chi connectivity index (χ2n) is 5.82. The summed E-state index contributed by atoms with van der Waals surface area (Å²) in [5, 5.41) is 7.94. The van der Waals surface area contributed by atoms with E-state index in [0.29, 0.717) is 37.8 Å². The minimum atomic E-state index is -0.421. The van der Waals surface area contributed by atoms with E-state index in [2.05, 4.69) is 10.6 Å². The number of esters is 1. The Morgan fingerprint density at radius 1 is 1.07 bits per heavy atom. The van der Waals surface area contributed by atoms with Gasteiger partial charge in [-0.3, -0.25) is 0 Å². The van der Waals surface area contributed by atoms with Crippen molar-refractivity contribution < 1.29 is 9.53 Å². The highest BCUT2D eigenvalue weighted by molar-refractivity contribution is 7.80. The number of benzene rings is 2. The van der Waals surface area contributed by atoms with Crippen LogP contribution in [-0.2, 0) is 11.2 Å². The van der Waals surface area contributed by atoms with Crippen LogP contribution in [0.25, 0.3) is 0 Å². The molecule has 0 atom stereocenters. The first kappa shape index (κ1) is 20.6. The molecule has 0 aliphatic carbocycles. The van der Waals surface area contributed by atoms with Crippen molar-refractivity contribution in [1.82, 2.24) is 0 Å². The summed E-state index contributed by atoms with van der Waals surface area (Å²) in [6, 6.07) is 17.0. The minimum absolute atomic E-state index is 0.330. The highest BCUT2D eigenvalue weighted by Gasteiger charge is 2.18. The van der Waals surface area contributed by atoms with Gasteiger partial charge in [0.05, 0.1) is 22.7 Å². The Labute approximate surface area is 182 Å². The SMILES string of the molecule is COC(=O)c1cc(Cc2ccccc2)sc1NC(=S)Nc1ccc(Cl)c(Cl)c1. The van der Waals surface area contributed by atoms with E-state index in [-0.39, 0.29) is 0 Å². The number of thiocarbonyl (C=S) groups is 1. The van der Waals surface area contributed by atoms with E-state index in [9.17, 15) is 4.79 Å². The maximum absolute atomic E-state index is 12.2. The first-order valence-corrected chi connectivity index (χ1v) is 10.2. The molecular weight excluding hydrogens is 435 g/mol. The smallest absolute Gasteiger partial charge is 0.340 e. The molecule has 0 aliphatic heterocycles. The average Bonchev–Trinajstić information content (AvgIpc) is 3.06. The summed E-state index contributed by atoms with van der Waals surface area (Å²) >= 11 is 18.8. The summed E-state index contributed by atoms with van der Waals surface area (Å²) in [6.07, 6.45) is 0.712. The van der Waals surface area contributed by atoms with E-state index >= 15 is 0 Å². The van der Waals surface area contributed by atoms with E-state index in [4.69, 9.17) is 40.2 Å². The zero-order valence-corrected chi connectivity index (χ0v) is 17.9. The van der Waals surface area contributed by atoms with Gasteiger partial charge in [0.25, 0.3) is 0 Å². The third-order valence-electron chi connectivity index (χ3n) is 3.81. The van der Waals surface area contributed by atoms with Gasteiger partial charge >= 0.3 is 5.97 Å². The Morgan fingerprint density at radius 2 is 1.82 bits per heavy atom. The number of nitrogens with one attached hydrogen (secondary N) is 2. The van der Waals surface area contributed by atoms with Gasteiger partial charge in [0.2, 0.25) is 0 Å². The molecule has 0 saturated heterocycles. The summed E-state index contributed by atoms with van der Waals surface area (Å²) in [6.45, 7) is 0. The monoisotopic (exact) mass is 450 g/mol. The molecule has 2 N–H and O–H groups in total. The fourth-order valence-corrected chi connectivity index (χ4v) is 4.19. The molecule has 3 aromatic rings. The van der Waals surface area contributed by atoms with Crippen molar-refractivity contribution in [1.29, 1.82) is 0 Å². The predicted molar refractivity (Wildman–Crippen MR) is 121 cm³/mol. The first-order chi connectivity index (χ1) is 13.5. The fraction of sp³-hybridized carbons (Fsp3) is 0.100. The second kappa shape index (κ2) is 9.39. The van der Waals surface area contributed by atoms with Crippen LogP contribution < -0.4 is 10.6 Å². The van der Waals surface area contributed by atoms with Gasteiger partial charge in [0.15, 0.2) is 5.11 Å². The van der Waals surface area contributed by atoms with Crippen LogP contribution in [0.4, 0.5) is 10.7 Å². The van der Waals surface area contributed by atoms with E-state index in [1.165, 1.54) is 18.4 Å². The molecule has 3 rings (SSSR count). The standard InChI is InChI=1S/C20H16Cl2N2O2S2/c1-26-19(25)15-11-14(9-12-5-3-2-4-6-12)28-18(15)24-20(27)23-13-7-8-16(21)17(22)10-13/h2-8,10-11H,9H2,1H3,(H2,23,24,27). The lowest BCUT2D eigenvalue weighted by Crippen LogP contribution is -2.19. The Hall–Kier alpha value is -2.12. The summed E-state index contributed by atoms with van der Waals surface area (Å²) in [5.41, 5.74) is 2.28. The van der Waals surface area contributed by atoms with Gasteiger partial charge < -0.3 is 15.4 Å². The van der Waals surface area contributed by atoms with Crippen LogP contribution in [0, 0.1) is 0 Å². The number of methoxy groups -OCH3 is 1. The lowest BCUT2D eigenvalue weighted by Gasteiger charge is -2.11. The van der Waals surface area contributed by atoms with Crippen molar-refractivity contribution in [2.24, 2.45) is 0 Å². The number of thiophene rings is 1. The Kier molecular flexibility index (Phi) is 6.91. The lowest BCUT2D eigenvalue weighted by atomic mass is 10.1. The molecule has 144 valence electrons. The summed E-state index contributed by atoms with van der Waals surface area (Å²) in [4.78, 5) is 13.2. The van der Waals surface area contributed by atoms with Crippen molar-refractivity contribution in [3.8, 4) is 0 Å². The van der Waals surface area contributed by atoms with Crippen molar-refractivity contribution >= 4 is 68.5 Å². The second-order valence-corrected chi connectivity index (χ2v) is 8.18. The Morgan fingerprint density at radius 3 is 2.50 bits per heavy atom. The predicted octanol–water partition coefficient (Wildman–Crippen LogP) is 6.24. The number of ether oxygens (including phenoxy) is 1. The van der Waals surface area contributed by atoms with Crippen molar-refractivity contribution in [3.05, 3.63) is 80.6 Å². The third kappa shape index (κ3) is 5.23. The van der Waals surface area contributed by atoms with E-state index in [0.717, 1.165) is 10.4 Å². The largest absolute Gasteiger partial charge is 0.465 e. The van der Waals surface area contributed by atoms with Crippen molar-refractivity contribution in [2.45, 2.75) is 6.42 Å². The zero-order chi connectivity index (χ0) is 20.1. The maximum Gasteiger partial charge on any atom is 0.340 e. The quantitative estimate of drug-likeness (QED) is 0.355. The van der Waals surface area contributed by atoms with Crippen LogP contribution in [0.1, 0.15) is 20.8 Å². The number of anilines is 2. The molecule has 4 nitrogen and oxygen atoms in total. The normalized spacial score (nSPS) is 10.4. The molecule has 0 spiro atoms. The third-order valence-corrected chi connectivity index (χ3v) is 5.81. The first-order valence-electron chi connectivity index (χ1n) is 8.24. The van der Waals surface area contributed by atoms with E-state index in [1.54, 1.807) is 18.2 Å². The topological polar surface area (TPSA) is 50.4 Å². The summed E-state index contributed by atoms with van der Waals surface area (Å²) < 4.78 is 4.90. The van der Waals surface area contributed by atoms with Crippen LogP contribution in [0.15, 0.2) is 54.6 Å². The number of hydrogen-bond donors (Lipinski definition) is 2. The van der Waals surface area contributed by atoms with Gasteiger partial charge in [-0.2, -0.15) is 0 Å². The molecule has 0 fully saturated rings. The molecule has 0 unspecified atom stereocenters. The number of carbonyl (C=O) groups excluding carboxylic acids is 1. The van der Waals surface area contributed by atoms with E-state index < -0.39 is 5.97 Å². The van der Waals surface area contributed by atoms with E-state index in [1.807, 2.05) is 36.4 Å². The fourth-order valence-electron chi connectivity index (χ4n) is 2.52. The van der Waals surface area contributed by atoms with Crippen molar-refractivity contribution in [2.75, 3.05) is 17.7 Å². The van der Waals surface area contributed by atoms with Crippen LogP contribution >= 0.6 is 46.8 Å². The molecule has 28 heavy (non-hydrogen) atoms. The molecule has 0 bridgehead atoms. The molecular formula is C20H16Cl2N2O2S2. The van der Waals surface area contributed by atoms with Gasteiger partial charge in [0, 0.05) is 17.0 Å². The van der Waals surface area contributed by atoms with Crippen LogP contribution in [0.3, 0.4) is 0 Å². The molecule has 0 aliphatic rings. The Bertz CT molecular complexity index is 1010. The molecule has 1 aromatic heterocycles. The molecule has 8 heteroatoms. The summed E-state index contributed by atoms with van der Waals surface area (Å²) in [5.74, 6) is -0.421. The minimum Gasteiger partial charge on any atom is -0.465 e. The highest BCUT2D eigenvalue weighted by Crippen LogP contribution is 2.31. The summed E-state index contributed by atoms with van der Waals surface area (Å²) in [7, 11) is 1.35. The van der Waals surface area contributed by atoms with Crippen LogP contribution in [0.5, 0.6) is 0 Å². The number of halogens is 2. The van der Waals surface area contributed by atoms with Crippen molar-refractivity contribution in [3.63, 3.8) is 0 Å². The number of hydrogen-bond acceptors (Lipinski definition) is 4.